The van der Waals surface area contributed by atoms with Crippen LogP contribution in [0.25, 0.3) is 11.1 Å². The van der Waals surface area contributed by atoms with Crippen LogP contribution in [0.15, 0.2) is 54.7 Å². The number of fused-ring (bicyclic) bond motifs is 3. The van der Waals surface area contributed by atoms with Gasteiger partial charge in [0.05, 0.1) is 0 Å². The third-order valence-electron chi connectivity index (χ3n) is 6.51. The molecule has 174 valence electrons. The summed E-state index contributed by atoms with van der Waals surface area (Å²) in [5, 5.41) is 16.0. The number of carbonyl (C=O) groups is 3. The first-order valence-electron chi connectivity index (χ1n) is 10.9. The van der Waals surface area contributed by atoms with Crippen LogP contribution in [-0.2, 0) is 16.6 Å². The molecule has 2 aromatic carbocycles. The Morgan fingerprint density at radius 3 is 2.26 bits per heavy atom. The van der Waals surface area contributed by atoms with Crippen LogP contribution in [0, 0.1) is 5.41 Å². The standard InChI is InChI=1S/C25H24N4O5/c1-25(23(31)32)13-29(14-25)22(30)19-11-28(2)27-21(19)26-24(33)34-12-20-17-9-5-3-7-15(17)16-8-4-6-10-18(16)20/h3-11,20H,12-14H2,1-2H3,(H,31,32)(H,26,27,33). The van der Waals surface area contributed by atoms with Gasteiger partial charge in [-0.05, 0) is 29.2 Å². The van der Waals surface area contributed by atoms with Crippen LogP contribution in [0.4, 0.5) is 10.6 Å². The Balaban J connectivity index is 1.27. The first-order valence-corrected chi connectivity index (χ1v) is 10.9. The highest BCUT2D eigenvalue weighted by atomic mass is 16.5. The van der Waals surface area contributed by atoms with Crippen LogP contribution >= 0.6 is 0 Å². The van der Waals surface area contributed by atoms with E-state index in [2.05, 4.69) is 22.5 Å². The van der Waals surface area contributed by atoms with Crippen molar-refractivity contribution < 1.29 is 24.2 Å². The van der Waals surface area contributed by atoms with Crippen molar-refractivity contribution in [3.8, 4) is 11.1 Å². The molecule has 1 fully saturated rings. The van der Waals surface area contributed by atoms with Crippen molar-refractivity contribution in [3.05, 3.63) is 71.4 Å². The number of nitrogens with one attached hydrogen (secondary N) is 1. The van der Waals surface area contributed by atoms with Gasteiger partial charge in [-0.3, -0.25) is 19.6 Å². The number of carbonyl (C=O) groups excluding carboxylic acids is 2. The van der Waals surface area contributed by atoms with Crippen LogP contribution in [0.5, 0.6) is 0 Å². The zero-order chi connectivity index (χ0) is 24.0. The molecule has 9 heteroatoms. The van der Waals surface area contributed by atoms with E-state index in [0.717, 1.165) is 22.3 Å². The minimum Gasteiger partial charge on any atom is -0.481 e. The molecule has 1 aromatic heterocycles. The van der Waals surface area contributed by atoms with E-state index >= 15 is 0 Å². The number of likely N-dealkylation sites (tertiary alicyclic amines) is 1. The summed E-state index contributed by atoms with van der Waals surface area (Å²) in [5.74, 6) is -1.34. The van der Waals surface area contributed by atoms with Crippen LogP contribution in [0.2, 0.25) is 0 Å². The average Bonchev–Trinajstić information content (AvgIpc) is 3.32. The van der Waals surface area contributed by atoms with Crippen LogP contribution < -0.4 is 5.32 Å². The Kier molecular flexibility index (Phi) is 5.11. The lowest BCUT2D eigenvalue weighted by Crippen LogP contribution is -2.60. The van der Waals surface area contributed by atoms with E-state index < -0.39 is 17.5 Å². The third kappa shape index (κ3) is 3.59. The molecule has 2 N–H and O–H groups in total. The zero-order valence-electron chi connectivity index (χ0n) is 18.8. The molecule has 2 aliphatic rings. The van der Waals surface area contributed by atoms with Crippen molar-refractivity contribution >= 4 is 23.8 Å². The molecule has 0 saturated carbocycles. The van der Waals surface area contributed by atoms with Crippen molar-refractivity contribution in [2.24, 2.45) is 12.5 Å². The van der Waals surface area contributed by atoms with Gasteiger partial charge in [0, 0.05) is 32.3 Å². The van der Waals surface area contributed by atoms with E-state index in [1.54, 1.807) is 14.0 Å². The van der Waals surface area contributed by atoms with E-state index in [-0.39, 0.29) is 42.9 Å². The zero-order valence-corrected chi connectivity index (χ0v) is 18.8. The quantitative estimate of drug-likeness (QED) is 0.604. The number of benzene rings is 2. The van der Waals surface area contributed by atoms with Gasteiger partial charge >= 0.3 is 12.1 Å². The van der Waals surface area contributed by atoms with Gasteiger partial charge in [-0.15, -0.1) is 0 Å². The predicted molar refractivity (Wildman–Crippen MR) is 124 cm³/mol. The minimum absolute atomic E-state index is 0.0775. The number of carboxylic acids is 1. The van der Waals surface area contributed by atoms with E-state index in [9.17, 15) is 19.5 Å². The Morgan fingerprint density at radius 2 is 1.68 bits per heavy atom. The molecule has 5 rings (SSSR count). The number of nitrogens with zero attached hydrogens (tertiary/aromatic N) is 3. The Hall–Kier alpha value is -4.14. The Bertz CT molecular complexity index is 1260. The molecule has 34 heavy (non-hydrogen) atoms. The molecular formula is C25H24N4O5. The van der Waals surface area contributed by atoms with E-state index in [1.165, 1.54) is 15.8 Å². The van der Waals surface area contributed by atoms with Crippen molar-refractivity contribution in [1.82, 2.24) is 14.7 Å². The number of hydrogen-bond acceptors (Lipinski definition) is 5. The minimum atomic E-state index is -0.960. The SMILES string of the molecule is Cn1cc(C(=O)N2CC(C)(C(=O)O)C2)c(NC(=O)OCC2c3ccccc3-c3ccccc32)n1. The molecule has 9 nitrogen and oxygen atoms in total. The number of aliphatic carboxylic acids is 1. The molecule has 2 amide bonds. The topological polar surface area (TPSA) is 114 Å². The lowest BCUT2D eigenvalue weighted by Gasteiger charge is -2.44. The second-order valence-corrected chi connectivity index (χ2v) is 9.04. The van der Waals surface area contributed by atoms with Crippen molar-refractivity contribution in [2.75, 3.05) is 25.0 Å². The van der Waals surface area contributed by atoms with E-state index in [0.29, 0.717) is 0 Å². The Labute approximate surface area is 195 Å². The number of aryl methyl sites for hydroxylation is 1. The lowest BCUT2D eigenvalue weighted by molar-refractivity contribution is -0.155. The van der Waals surface area contributed by atoms with Gasteiger partial charge < -0.3 is 14.7 Å². The number of aromatic nitrogens is 2. The summed E-state index contributed by atoms with van der Waals surface area (Å²) in [6.45, 7) is 1.93. The smallest absolute Gasteiger partial charge is 0.412 e. The molecule has 3 aromatic rings. The maximum atomic E-state index is 12.9. The largest absolute Gasteiger partial charge is 0.481 e. The van der Waals surface area contributed by atoms with Crippen LogP contribution in [0.1, 0.15) is 34.3 Å². The van der Waals surface area contributed by atoms with Crippen molar-refractivity contribution in [1.29, 1.82) is 0 Å². The molecule has 0 spiro atoms. The van der Waals surface area contributed by atoms with Crippen LogP contribution in [0.3, 0.4) is 0 Å². The van der Waals surface area contributed by atoms with Gasteiger partial charge in [0.2, 0.25) is 0 Å². The highest BCUT2D eigenvalue weighted by molar-refractivity contribution is 6.02. The van der Waals surface area contributed by atoms with Crippen LogP contribution in [-0.4, -0.2) is 57.5 Å². The van der Waals surface area contributed by atoms with Gasteiger partial charge in [0.1, 0.15) is 17.6 Å². The molecular weight excluding hydrogens is 436 g/mol. The summed E-state index contributed by atoms with van der Waals surface area (Å²) in [6, 6.07) is 16.1. The maximum absolute atomic E-state index is 12.9. The summed E-state index contributed by atoms with van der Waals surface area (Å²) in [5.41, 5.74) is 3.69. The van der Waals surface area contributed by atoms with Gasteiger partial charge in [-0.1, -0.05) is 48.5 Å². The second kappa shape index (κ2) is 8.02. The monoisotopic (exact) mass is 460 g/mol. The number of rotatable bonds is 5. The average molecular weight is 460 g/mol. The summed E-state index contributed by atoms with van der Waals surface area (Å²) < 4.78 is 6.97. The van der Waals surface area contributed by atoms with Crippen molar-refractivity contribution in [3.63, 3.8) is 0 Å². The molecule has 1 aliphatic heterocycles. The fourth-order valence-corrected chi connectivity index (χ4v) is 4.71. The molecule has 0 bridgehead atoms. The summed E-state index contributed by atoms with van der Waals surface area (Å²) >= 11 is 0. The lowest BCUT2D eigenvalue weighted by atomic mass is 9.82. The predicted octanol–water partition coefficient (Wildman–Crippen LogP) is 3.33. The highest BCUT2D eigenvalue weighted by Crippen LogP contribution is 2.44. The summed E-state index contributed by atoms with van der Waals surface area (Å²) in [7, 11) is 1.64. The molecule has 0 unspecified atom stereocenters. The van der Waals surface area contributed by atoms with Gasteiger partial charge in [0.25, 0.3) is 5.91 Å². The number of ether oxygens (including phenoxy) is 1. The number of hydrogen-bond donors (Lipinski definition) is 2. The highest BCUT2D eigenvalue weighted by Gasteiger charge is 2.48. The van der Waals surface area contributed by atoms with E-state index in [4.69, 9.17) is 4.74 Å². The summed E-state index contributed by atoms with van der Waals surface area (Å²) in [4.78, 5) is 38.3. The van der Waals surface area contributed by atoms with Gasteiger partial charge in [-0.25, -0.2) is 4.79 Å². The van der Waals surface area contributed by atoms with Gasteiger partial charge in [0.15, 0.2) is 5.82 Å². The molecule has 0 atom stereocenters. The normalized spacial score (nSPS) is 15.8. The number of carboxylic acid groups (broad SMARTS) is 1. The molecule has 1 saturated heterocycles. The van der Waals surface area contributed by atoms with E-state index in [1.807, 2.05) is 36.4 Å². The third-order valence-corrected chi connectivity index (χ3v) is 6.51. The summed E-state index contributed by atoms with van der Waals surface area (Å²) in [6.07, 6.45) is 0.784. The first-order chi connectivity index (χ1) is 16.3. The number of anilines is 1. The van der Waals surface area contributed by atoms with Crippen molar-refractivity contribution in [2.45, 2.75) is 12.8 Å². The molecule has 2 heterocycles. The maximum Gasteiger partial charge on any atom is 0.412 e. The first kappa shape index (κ1) is 21.7. The fourth-order valence-electron chi connectivity index (χ4n) is 4.71. The second-order valence-electron chi connectivity index (χ2n) is 9.04. The fraction of sp³-hybridized carbons (Fsp3) is 0.280. The molecule has 1 aliphatic carbocycles. The Morgan fingerprint density at radius 1 is 1.09 bits per heavy atom. The van der Waals surface area contributed by atoms with Gasteiger partial charge in [-0.2, -0.15) is 5.10 Å². The molecule has 0 radical (unpaired) electrons. The number of amides is 2.